The molecule has 1 aromatic rings. The van der Waals surface area contributed by atoms with Gasteiger partial charge in [-0.1, -0.05) is 6.07 Å². The lowest BCUT2D eigenvalue weighted by molar-refractivity contribution is 0.00578. The Balaban J connectivity index is 1.40. The Hall–Kier alpha value is -1.80. The molecule has 0 aliphatic carbocycles. The number of alkyl carbamates (subject to hydrolysis) is 1. The van der Waals surface area contributed by atoms with Gasteiger partial charge < -0.3 is 24.3 Å². The van der Waals surface area contributed by atoms with E-state index >= 15 is 0 Å². The number of hydrogen-bond acceptors (Lipinski definition) is 6. The van der Waals surface area contributed by atoms with Gasteiger partial charge in [0.15, 0.2) is 0 Å². The van der Waals surface area contributed by atoms with Crippen LogP contribution in [0.1, 0.15) is 74.1 Å². The summed E-state index contributed by atoms with van der Waals surface area (Å²) in [5.74, 6) is 0.989. The third kappa shape index (κ3) is 4.56. The van der Waals surface area contributed by atoms with Gasteiger partial charge in [-0.15, -0.1) is 0 Å². The van der Waals surface area contributed by atoms with Crippen LogP contribution in [0.2, 0.25) is 0 Å². The first-order chi connectivity index (χ1) is 14.3. The van der Waals surface area contributed by atoms with Gasteiger partial charge in [0.2, 0.25) is 0 Å². The van der Waals surface area contributed by atoms with Crippen LogP contribution in [-0.4, -0.2) is 53.1 Å². The van der Waals surface area contributed by atoms with E-state index in [9.17, 15) is 4.79 Å². The summed E-state index contributed by atoms with van der Waals surface area (Å²) in [6.07, 6.45) is 5.62. The van der Waals surface area contributed by atoms with E-state index in [1.165, 1.54) is 0 Å². The highest BCUT2D eigenvalue weighted by Gasteiger charge is 2.52. The second kappa shape index (κ2) is 7.66. The fraction of sp³-hybridized carbons (Fsp3) is 0.739. The van der Waals surface area contributed by atoms with Gasteiger partial charge in [0, 0.05) is 29.8 Å². The monoisotopic (exact) mass is 429 g/mol. The van der Waals surface area contributed by atoms with Gasteiger partial charge in [0.1, 0.15) is 11.4 Å². The molecule has 4 heterocycles. The number of amides is 1. The highest BCUT2D eigenvalue weighted by Crippen LogP contribution is 2.39. The summed E-state index contributed by atoms with van der Waals surface area (Å²) >= 11 is 0. The molecule has 2 bridgehead atoms. The summed E-state index contributed by atoms with van der Waals surface area (Å²) in [5.41, 5.74) is -0.264. The van der Waals surface area contributed by atoms with Crippen molar-refractivity contribution in [2.24, 2.45) is 0 Å². The molecular weight excluding hydrogens is 393 g/mol. The van der Waals surface area contributed by atoms with Gasteiger partial charge in [0.05, 0.1) is 11.2 Å². The number of carbonyl (C=O) groups is 1. The number of hydrogen-bond donors (Lipinski definition) is 1. The van der Waals surface area contributed by atoms with Gasteiger partial charge in [0.25, 0.3) is 0 Å². The quantitative estimate of drug-likeness (QED) is 0.743. The zero-order valence-corrected chi connectivity index (χ0v) is 19.9. The summed E-state index contributed by atoms with van der Waals surface area (Å²) in [5, 5.41) is 3.07. The molecule has 3 fully saturated rings. The average Bonchev–Trinajstić information content (AvgIpc) is 3.02. The number of nitrogens with zero attached hydrogens (tertiary/aromatic N) is 2. The van der Waals surface area contributed by atoms with Crippen molar-refractivity contribution in [2.75, 3.05) is 4.90 Å². The molecule has 2 unspecified atom stereocenters. The smallest absolute Gasteiger partial charge is 0.444 e. The van der Waals surface area contributed by atoms with Crippen LogP contribution in [0.3, 0.4) is 0 Å². The van der Waals surface area contributed by atoms with E-state index < -0.39 is 12.7 Å². The lowest BCUT2D eigenvalue weighted by atomic mass is 9.80. The number of rotatable bonds is 3. The lowest BCUT2D eigenvalue weighted by Crippen LogP contribution is -2.51. The van der Waals surface area contributed by atoms with Crippen LogP contribution >= 0.6 is 0 Å². The molecule has 3 saturated heterocycles. The van der Waals surface area contributed by atoms with E-state index in [1.807, 2.05) is 27.0 Å². The average molecular weight is 429 g/mol. The summed E-state index contributed by atoms with van der Waals surface area (Å²) in [6, 6.07) is 5.05. The molecule has 7 nitrogen and oxygen atoms in total. The minimum Gasteiger partial charge on any atom is -0.444 e. The molecular formula is C23H36BN3O4. The van der Waals surface area contributed by atoms with E-state index in [1.54, 1.807) is 0 Å². The topological polar surface area (TPSA) is 72.9 Å². The van der Waals surface area contributed by atoms with Crippen molar-refractivity contribution in [3.8, 4) is 0 Å². The van der Waals surface area contributed by atoms with E-state index in [-0.39, 0.29) is 23.3 Å². The number of aromatic nitrogens is 1. The maximum atomic E-state index is 12.2. The van der Waals surface area contributed by atoms with E-state index in [0.29, 0.717) is 12.1 Å². The number of carbonyl (C=O) groups excluding carboxylic acids is 1. The molecule has 1 N–H and O–H groups in total. The van der Waals surface area contributed by atoms with Crippen LogP contribution < -0.4 is 15.7 Å². The SMILES string of the molecule is CC(C)(C)OC(=O)NC1CC2CC[C@H](C1)N2c1ccc(B2OC(C)(C)C(C)(C)O2)cn1. The van der Waals surface area contributed by atoms with E-state index in [4.69, 9.17) is 19.0 Å². The summed E-state index contributed by atoms with van der Waals surface area (Å²) in [4.78, 5) is 19.4. The third-order valence-electron chi connectivity index (χ3n) is 7.01. The van der Waals surface area contributed by atoms with Crippen LogP contribution in [-0.2, 0) is 14.0 Å². The third-order valence-corrected chi connectivity index (χ3v) is 7.01. The van der Waals surface area contributed by atoms with Crippen LogP contribution in [0.4, 0.5) is 10.6 Å². The van der Waals surface area contributed by atoms with Gasteiger partial charge >= 0.3 is 13.2 Å². The van der Waals surface area contributed by atoms with Crippen molar-refractivity contribution >= 4 is 24.5 Å². The molecule has 1 aromatic heterocycles. The molecule has 4 rings (SSSR count). The minimum absolute atomic E-state index is 0.146. The van der Waals surface area contributed by atoms with Crippen LogP contribution in [0.15, 0.2) is 18.3 Å². The summed E-state index contributed by atoms with van der Waals surface area (Å²) < 4.78 is 17.7. The maximum absolute atomic E-state index is 12.2. The van der Waals surface area contributed by atoms with E-state index in [0.717, 1.165) is 37.0 Å². The first kappa shape index (κ1) is 22.4. The molecule has 3 atom stereocenters. The highest BCUT2D eigenvalue weighted by molar-refractivity contribution is 6.62. The number of ether oxygens (including phenoxy) is 1. The Kier molecular flexibility index (Phi) is 5.53. The van der Waals surface area contributed by atoms with Crippen molar-refractivity contribution in [3.63, 3.8) is 0 Å². The largest absolute Gasteiger partial charge is 0.496 e. The molecule has 0 spiro atoms. The summed E-state index contributed by atoms with van der Waals surface area (Å²) in [6.45, 7) is 13.9. The Morgan fingerprint density at radius 1 is 1.13 bits per heavy atom. The lowest BCUT2D eigenvalue weighted by Gasteiger charge is -2.40. The van der Waals surface area contributed by atoms with Crippen LogP contribution in [0.25, 0.3) is 0 Å². The zero-order valence-electron chi connectivity index (χ0n) is 19.9. The number of anilines is 1. The van der Waals surface area contributed by atoms with Crippen molar-refractivity contribution in [2.45, 2.75) is 109 Å². The zero-order chi connectivity index (χ0) is 22.6. The van der Waals surface area contributed by atoms with Gasteiger partial charge in [-0.05, 0) is 80.2 Å². The number of nitrogens with one attached hydrogen (secondary N) is 1. The molecule has 8 heteroatoms. The molecule has 170 valence electrons. The highest BCUT2D eigenvalue weighted by atomic mass is 16.7. The Morgan fingerprint density at radius 2 is 1.71 bits per heavy atom. The van der Waals surface area contributed by atoms with Gasteiger partial charge in [-0.2, -0.15) is 0 Å². The number of piperidine rings is 1. The maximum Gasteiger partial charge on any atom is 0.496 e. The van der Waals surface area contributed by atoms with Crippen molar-refractivity contribution in [3.05, 3.63) is 18.3 Å². The Morgan fingerprint density at radius 3 is 2.19 bits per heavy atom. The minimum atomic E-state index is -0.480. The molecule has 0 saturated carbocycles. The molecule has 3 aliphatic heterocycles. The predicted molar refractivity (Wildman–Crippen MR) is 122 cm³/mol. The fourth-order valence-corrected chi connectivity index (χ4v) is 4.81. The Bertz CT molecular complexity index is 791. The second-order valence-corrected chi connectivity index (χ2v) is 11.1. The van der Waals surface area contributed by atoms with Gasteiger partial charge in [-0.3, -0.25) is 0 Å². The normalized spacial score (nSPS) is 29.2. The Labute approximate surface area is 186 Å². The van der Waals surface area contributed by atoms with Crippen molar-refractivity contribution < 1.29 is 18.8 Å². The van der Waals surface area contributed by atoms with Crippen molar-refractivity contribution in [1.29, 1.82) is 0 Å². The molecule has 0 radical (unpaired) electrons. The molecule has 0 aromatic carbocycles. The van der Waals surface area contributed by atoms with Crippen LogP contribution in [0.5, 0.6) is 0 Å². The standard InChI is InChI=1S/C23H36BN3O4/c1-21(2,3)29-20(28)26-16-12-17-9-10-18(13-16)27(17)19-11-8-15(14-25-19)24-30-22(4,5)23(6,7)31-24/h8,11,14,16-18H,9-10,12-13H2,1-7H3,(H,26,28)/t16?,17-,18?/m1/s1. The molecule has 3 aliphatic rings. The van der Waals surface area contributed by atoms with Gasteiger partial charge in [-0.25, -0.2) is 9.78 Å². The molecule has 31 heavy (non-hydrogen) atoms. The summed E-state index contributed by atoms with van der Waals surface area (Å²) in [7, 11) is -0.396. The number of pyridine rings is 1. The molecule has 1 amide bonds. The number of fused-ring (bicyclic) bond motifs is 2. The first-order valence-corrected chi connectivity index (χ1v) is 11.4. The fourth-order valence-electron chi connectivity index (χ4n) is 4.81. The second-order valence-electron chi connectivity index (χ2n) is 11.1. The van der Waals surface area contributed by atoms with Crippen molar-refractivity contribution in [1.82, 2.24) is 10.3 Å². The van der Waals surface area contributed by atoms with E-state index in [2.05, 4.69) is 50.0 Å². The predicted octanol–water partition coefficient (Wildman–Crippen LogP) is 3.41. The first-order valence-electron chi connectivity index (χ1n) is 11.4. The van der Waals surface area contributed by atoms with Crippen LogP contribution in [0, 0.1) is 0 Å².